The van der Waals surface area contributed by atoms with Gasteiger partial charge in [0.1, 0.15) is 11.6 Å². The van der Waals surface area contributed by atoms with Crippen LogP contribution in [0.3, 0.4) is 0 Å². The third kappa shape index (κ3) is 3.50. The number of aliphatic hydroxyl groups excluding tert-OH is 1. The molecule has 1 aromatic rings. The number of halogens is 2. The second-order valence-corrected chi connectivity index (χ2v) is 4.74. The van der Waals surface area contributed by atoms with Crippen molar-refractivity contribution in [3.63, 3.8) is 0 Å². The van der Waals surface area contributed by atoms with Crippen LogP contribution in [0.2, 0.25) is 0 Å². The van der Waals surface area contributed by atoms with Crippen LogP contribution >= 0.6 is 0 Å². The summed E-state index contributed by atoms with van der Waals surface area (Å²) < 4.78 is 27.3. The molecule has 0 amide bonds. The van der Waals surface area contributed by atoms with Crippen molar-refractivity contribution in [1.29, 1.82) is 0 Å². The largest absolute Gasteiger partial charge is 0.388 e. The molecule has 17 heavy (non-hydrogen) atoms. The normalized spacial score (nSPS) is 14.7. The lowest BCUT2D eigenvalue weighted by Gasteiger charge is -2.18. The summed E-state index contributed by atoms with van der Waals surface area (Å²) in [5, 5.41) is 9.92. The van der Waals surface area contributed by atoms with Gasteiger partial charge in [-0.25, -0.2) is 8.78 Å². The van der Waals surface area contributed by atoms with Gasteiger partial charge >= 0.3 is 0 Å². The lowest BCUT2D eigenvalue weighted by molar-refractivity contribution is 0.136. The Bertz CT molecular complexity index is 377. The van der Waals surface area contributed by atoms with E-state index in [1.165, 1.54) is 12.1 Å². The first kappa shape index (κ1) is 14.1. The Morgan fingerprint density at radius 1 is 1.29 bits per heavy atom. The molecule has 2 unspecified atom stereocenters. The number of hydrogen-bond donors (Lipinski definition) is 1. The number of hydrogen-bond acceptors (Lipinski definition) is 1. The summed E-state index contributed by atoms with van der Waals surface area (Å²) in [5.41, 5.74) is 0.177. The molecule has 0 aliphatic carbocycles. The molecule has 0 aromatic heterocycles. The zero-order valence-corrected chi connectivity index (χ0v) is 10.6. The molecule has 1 aromatic carbocycles. The van der Waals surface area contributed by atoms with E-state index in [-0.39, 0.29) is 11.5 Å². The standard InChI is InChI=1S/C14H20F2O/c1-4-5-9(2)8-12(17)13-11(15)7-6-10(3)14(13)16/h6-7,9,12,17H,4-5,8H2,1-3H3. The average molecular weight is 242 g/mol. The van der Waals surface area contributed by atoms with Crippen LogP contribution in [0.4, 0.5) is 8.78 Å². The Labute approximate surface area is 101 Å². The quantitative estimate of drug-likeness (QED) is 0.823. The summed E-state index contributed by atoms with van der Waals surface area (Å²) in [4.78, 5) is 0. The van der Waals surface area contributed by atoms with E-state index in [2.05, 4.69) is 6.92 Å². The van der Waals surface area contributed by atoms with Crippen molar-refractivity contribution in [3.05, 3.63) is 34.9 Å². The first-order valence-electron chi connectivity index (χ1n) is 6.09. The van der Waals surface area contributed by atoms with Crippen LogP contribution in [-0.2, 0) is 0 Å². The van der Waals surface area contributed by atoms with Crippen LogP contribution in [-0.4, -0.2) is 5.11 Å². The lowest BCUT2D eigenvalue weighted by atomic mass is 9.93. The maximum absolute atomic E-state index is 13.7. The van der Waals surface area contributed by atoms with Crippen molar-refractivity contribution in [2.45, 2.75) is 46.1 Å². The summed E-state index contributed by atoms with van der Waals surface area (Å²) in [6.45, 7) is 5.61. The Hall–Kier alpha value is -0.960. The zero-order chi connectivity index (χ0) is 13.0. The van der Waals surface area contributed by atoms with E-state index in [1.54, 1.807) is 6.92 Å². The molecular formula is C14H20F2O. The molecule has 0 aliphatic rings. The minimum Gasteiger partial charge on any atom is -0.388 e. The van der Waals surface area contributed by atoms with Gasteiger partial charge in [0.25, 0.3) is 0 Å². The zero-order valence-electron chi connectivity index (χ0n) is 10.6. The summed E-state index contributed by atoms with van der Waals surface area (Å²) in [6.07, 6.45) is 1.29. The highest BCUT2D eigenvalue weighted by atomic mass is 19.1. The van der Waals surface area contributed by atoms with Crippen LogP contribution in [0.25, 0.3) is 0 Å². The minimum absolute atomic E-state index is 0.187. The molecule has 0 radical (unpaired) electrons. The van der Waals surface area contributed by atoms with E-state index in [4.69, 9.17) is 0 Å². The van der Waals surface area contributed by atoms with Gasteiger partial charge in [-0.05, 0) is 30.9 Å². The molecule has 0 spiro atoms. The molecular weight excluding hydrogens is 222 g/mol. The molecule has 1 N–H and O–H groups in total. The highest BCUT2D eigenvalue weighted by Crippen LogP contribution is 2.29. The highest BCUT2D eigenvalue weighted by Gasteiger charge is 2.21. The van der Waals surface area contributed by atoms with Gasteiger partial charge in [0.15, 0.2) is 0 Å². The molecule has 0 saturated heterocycles. The number of rotatable bonds is 5. The van der Waals surface area contributed by atoms with E-state index in [0.717, 1.165) is 12.8 Å². The third-order valence-electron chi connectivity index (χ3n) is 3.06. The fourth-order valence-corrected chi connectivity index (χ4v) is 2.09. The third-order valence-corrected chi connectivity index (χ3v) is 3.06. The molecule has 0 aliphatic heterocycles. The average Bonchev–Trinajstić information content (AvgIpc) is 2.24. The molecule has 3 heteroatoms. The fraction of sp³-hybridized carbons (Fsp3) is 0.571. The maximum atomic E-state index is 13.7. The topological polar surface area (TPSA) is 20.2 Å². The monoisotopic (exact) mass is 242 g/mol. The summed E-state index contributed by atoms with van der Waals surface area (Å²) in [7, 11) is 0. The lowest BCUT2D eigenvalue weighted by Crippen LogP contribution is -2.09. The second kappa shape index (κ2) is 6.10. The minimum atomic E-state index is -1.06. The van der Waals surface area contributed by atoms with Crippen molar-refractivity contribution in [1.82, 2.24) is 0 Å². The molecule has 0 saturated carbocycles. The van der Waals surface area contributed by atoms with Crippen molar-refractivity contribution < 1.29 is 13.9 Å². The van der Waals surface area contributed by atoms with E-state index < -0.39 is 17.7 Å². The van der Waals surface area contributed by atoms with Crippen LogP contribution in [0.15, 0.2) is 12.1 Å². The van der Waals surface area contributed by atoms with E-state index >= 15 is 0 Å². The van der Waals surface area contributed by atoms with Gasteiger partial charge in [-0.15, -0.1) is 0 Å². The fourth-order valence-electron chi connectivity index (χ4n) is 2.09. The molecule has 0 bridgehead atoms. The van der Waals surface area contributed by atoms with Crippen molar-refractivity contribution in [2.24, 2.45) is 5.92 Å². The molecule has 0 heterocycles. The highest BCUT2D eigenvalue weighted by molar-refractivity contribution is 5.28. The van der Waals surface area contributed by atoms with Gasteiger partial charge in [-0.2, -0.15) is 0 Å². The Balaban J connectivity index is 2.88. The first-order valence-corrected chi connectivity index (χ1v) is 6.09. The van der Waals surface area contributed by atoms with Gasteiger partial charge in [0.05, 0.1) is 11.7 Å². The van der Waals surface area contributed by atoms with Gasteiger partial charge in [-0.3, -0.25) is 0 Å². The van der Waals surface area contributed by atoms with Crippen molar-refractivity contribution >= 4 is 0 Å². The summed E-state index contributed by atoms with van der Waals surface area (Å²) >= 11 is 0. The van der Waals surface area contributed by atoms with Gasteiger partial charge in [-0.1, -0.05) is 32.8 Å². The van der Waals surface area contributed by atoms with Gasteiger partial charge in [0.2, 0.25) is 0 Å². The maximum Gasteiger partial charge on any atom is 0.134 e. The van der Waals surface area contributed by atoms with Crippen LogP contribution in [0, 0.1) is 24.5 Å². The molecule has 96 valence electrons. The van der Waals surface area contributed by atoms with E-state index in [1.807, 2.05) is 6.92 Å². The molecule has 0 fully saturated rings. The Kier molecular flexibility index (Phi) is 5.06. The van der Waals surface area contributed by atoms with E-state index in [0.29, 0.717) is 12.0 Å². The SMILES string of the molecule is CCCC(C)CC(O)c1c(F)ccc(C)c1F. The number of aryl methyl sites for hydroxylation is 1. The smallest absolute Gasteiger partial charge is 0.134 e. The van der Waals surface area contributed by atoms with Crippen molar-refractivity contribution in [3.8, 4) is 0 Å². The van der Waals surface area contributed by atoms with Gasteiger partial charge in [0, 0.05) is 0 Å². The molecule has 2 atom stereocenters. The second-order valence-electron chi connectivity index (χ2n) is 4.74. The van der Waals surface area contributed by atoms with Crippen LogP contribution < -0.4 is 0 Å². The first-order chi connectivity index (χ1) is 7.97. The van der Waals surface area contributed by atoms with Crippen molar-refractivity contribution in [2.75, 3.05) is 0 Å². The predicted molar refractivity (Wildman–Crippen MR) is 64.7 cm³/mol. The van der Waals surface area contributed by atoms with Crippen LogP contribution in [0.1, 0.15) is 50.3 Å². The number of benzene rings is 1. The molecule has 1 nitrogen and oxygen atoms in total. The Morgan fingerprint density at radius 2 is 1.94 bits per heavy atom. The van der Waals surface area contributed by atoms with Gasteiger partial charge < -0.3 is 5.11 Å². The molecule has 1 rings (SSSR count). The predicted octanol–water partition coefficient (Wildman–Crippen LogP) is 4.13. The Morgan fingerprint density at radius 3 is 2.53 bits per heavy atom. The summed E-state index contributed by atoms with van der Waals surface area (Å²) in [5.74, 6) is -1.03. The summed E-state index contributed by atoms with van der Waals surface area (Å²) in [6, 6.07) is 2.60. The van der Waals surface area contributed by atoms with Crippen LogP contribution in [0.5, 0.6) is 0 Å². The van der Waals surface area contributed by atoms with E-state index in [9.17, 15) is 13.9 Å². The number of aliphatic hydroxyl groups is 1.